The number of ether oxygens (including phenoxy) is 1. The molecule has 1 aromatic carbocycles. The number of nitrogens with one attached hydrogen (secondary N) is 2. The normalized spacial score (nSPS) is 11.4. The molecule has 0 aliphatic rings. The molecule has 0 saturated carbocycles. The Balaban J connectivity index is 1.44. The highest BCUT2D eigenvalue weighted by Gasteiger charge is 2.18. The molecule has 3 rings (SSSR count). The van der Waals surface area contributed by atoms with Crippen LogP contribution < -0.4 is 10.6 Å². The van der Waals surface area contributed by atoms with Gasteiger partial charge in [-0.05, 0) is 28.5 Å². The lowest BCUT2D eigenvalue weighted by atomic mass is 10.1. The minimum absolute atomic E-state index is 0.00377. The molecule has 150 valence electrons. The monoisotopic (exact) mass is 428 g/mol. The highest BCUT2D eigenvalue weighted by atomic mass is 32.1. The van der Waals surface area contributed by atoms with Crippen LogP contribution >= 0.6 is 22.7 Å². The Morgan fingerprint density at radius 3 is 2.52 bits per heavy atom. The molecule has 6 nitrogen and oxygen atoms in total. The van der Waals surface area contributed by atoms with Gasteiger partial charge in [-0.1, -0.05) is 36.4 Å². The molecule has 0 radical (unpaired) electrons. The third kappa shape index (κ3) is 6.27. The number of esters is 1. The molecule has 1 unspecified atom stereocenters. The summed E-state index contributed by atoms with van der Waals surface area (Å²) in [7, 11) is 0. The van der Waals surface area contributed by atoms with Gasteiger partial charge in [-0.15, -0.1) is 11.3 Å². The Morgan fingerprint density at radius 1 is 1.00 bits per heavy atom. The molecular weight excluding hydrogens is 408 g/mol. The minimum atomic E-state index is -0.543. The van der Waals surface area contributed by atoms with E-state index in [2.05, 4.69) is 10.6 Å². The van der Waals surface area contributed by atoms with Crippen molar-refractivity contribution in [2.24, 2.45) is 0 Å². The molecule has 1 atom stereocenters. The van der Waals surface area contributed by atoms with Crippen LogP contribution in [-0.2, 0) is 14.3 Å². The Bertz CT molecular complexity index is 925. The van der Waals surface area contributed by atoms with Gasteiger partial charge in [0.15, 0.2) is 6.61 Å². The minimum Gasteiger partial charge on any atom is -0.456 e. The molecule has 2 aromatic heterocycles. The molecule has 3 aromatic rings. The van der Waals surface area contributed by atoms with E-state index in [9.17, 15) is 14.4 Å². The summed E-state index contributed by atoms with van der Waals surface area (Å²) in [5.41, 5.74) is 1.51. The predicted molar refractivity (Wildman–Crippen MR) is 113 cm³/mol. The van der Waals surface area contributed by atoms with Gasteiger partial charge < -0.3 is 15.4 Å². The molecule has 0 spiro atoms. The van der Waals surface area contributed by atoms with Crippen molar-refractivity contribution in [1.29, 1.82) is 0 Å². The first-order chi connectivity index (χ1) is 14.1. The Morgan fingerprint density at radius 2 is 1.83 bits per heavy atom. The van der Waals surface area contributed by atoms with E-state index in [1.807, 2.05) is 47.8 Å². The summed E-state index contributed by atoms with van der Waals surface area (Å²) < 4.78 is 5.03. The van der Waals surface area contributed by atoms with Crippen LogP contribution in [0.1, 0.15) is 33.3 Å². The van der Waals surface area contributed by atoms with Gasteiger partial charge in [0.1, 0.15) is 0 Å². The lowest BCUT2D eigenvalue weighted by Gasteiger charge is -2.18. The number of hydrogen-bond donors (Lipinski definition) is 2. The molecule has 8 heteroatoms. The van der Waals surface area contributed by atoms with E-state index in [1.54, 1.807) is 28.2 Å². The number of rotatable bonds is 9. The second kappa shape index (κ2) is 10.5. The van der Waals surface area contributed by atoms with Gasteiger partial charge in [0.05, 0.1) is 12.5 Å². The molecule has 2 amide bonds. The maximum atomic E-state index is 12.3. The molecule has 0 bridgehead atoms. The van der Waals surface area contributed by atoms with Crippen LogP contribution in [0, 0.1) is 0 Å². The lowest BCUT2D eigenvalue weighted by Crippen LogP contribution is -2.33. The zero-order chi connectivity index (χ0) is 20.5. The van der Waals surface area contributed by atoms with E-state index >= 15 is 0 Å². The maximum Gasteiger partial charge on any atom is 0.308 e. The Labute approximate surface area is 176 Å². The number of benzene rings is 1. The van der Waals surface area contributed by atoms with Crippen molar-refractivity contribution in [2.75, 3.05) is 13.2 Å². The smallest absolute Gasteiger partial charge is 0.308 e. The van der Waals surface area contributed by atoms with Crippen LogP contribution in [0.15, 0.2) is 64.7 Å². The summed E-state index contributed by atoms with van der Waals surface area (Å²) in [5, 5.41) is 11.0. The molecule has 2 N–H and O–H groups in total. The van der Waals surface area contributed by atoms with Crippen molar-refractivity contribution in [2.45, 2.75) is 12.5 Å². The topological polar surface area (TPSA) is 84.5 Å². The van der Waals surface area contributed by atoms with Gasteiger partial charge in [0.2, 0.25) is 0 Å². The van der Waals surface area contributed by atoms with Gasteiger partial charge >= 0.3 is 5.97 Å². The molecule has 0 aliphatic carbocycles. The number of carbonyl (C=O) groups is 3. The van der Waals surface area contributed by atoms with Crippen LogP contribution in [0.2, 0.25) is 0 Å². The second-order valence-corrected chi connectivity index (χ2v) is 7.86. The van der Waals surface area contributed by atoms with E-state index in [0.29, 0.717) is 5.56 Å². The van der Waals surface area contributed by atoms with Crippen LogP contribution in [-0.4, -0.2) is 30.9 Å². The predicted octanol–water partition coefficient (Wildman–Crippen LogP) is 3.38. The van der Waals surface area contributed by atoms with Crippen molar-refractivity contribution in [3.63, 3.8) is 0 Å². The van der Waals surface area contributed by atoms with Gasteiger partial charge in [-0.25, -0.2) is 0 Å². The molecule has 0 aliphatic heterocycles. The number of amides is 2. The van der Waals surface area contributed by atoms with E-state index in [0.717, 1.165) is 10.4 Å². The fourth-order valence-electron chi connectivity index (χ4n) is 2.61. The summed E-state index contributed by atoms with van der Waals surface area (Å²) in [5.74, 6) is -1.17. The van der Waals surface area contributed by atoms with Gasteiger partial charge in [-0.3, -0.25) is 14.4 Å². The zero-order valence-electron chi connectivity index (χ0n) is 15.5. The fraction of sp³-hybridized carbons (Fsp3) is 0.190. The average molecular weight is 429 g/mol. The number of carbonyl (C=O) groups excluding carboxylic acids is 3. The SMILES string of the molecule is O=C(COC(=O)CCNC(=O)c1ccsc1)NC(c1ccccc1)c1cccs1. The van der Waals surface area contributed by atoms with Crippen molar-refractivity contribution in [1.82, 2.24) is 10.6 Å². The van der Waals surface area contributed by atoms with Crippen molar-refractivity contribution in [3.05, 3.63) is 80.7 Å². The van der Waals surface area contributed by atoms with Crippen LogP contribution in [0.25, 0.3) is 0 Å². The first-order valence-corrected chi connectivity index (χ1v) is 10.8. The molecular formula is C21H20N2O4S2. The van der Waals surface area contributed by atoms with Gasteiger partial charge in [0, 0.05) is 22.4 Å². The summed E-state index contributed by atoms with van der Waals surface area (Å²) in [6.07, 6.45) is -0.00377. The molecule has 0 saturated heterocycles. The fourth-order valence-corrected chi connectivity index (χ4v) is 4.05. The van der Waals surface area contributed by atoms with Crippen molar-refractivity contribution < 1.29 is 19.1 Å². The van der Waals surface area contributed by atoms with Gasteiger partial charge in [-0.2, -0.15) is 11.3 Å². The Hall–Kier alpha value is -2.97. The van der Waals surface area contributed by atoms with E-state index in [-0.39, 0.29) is 37.4 Å². The first-order valence-electron chi connectivity index (χ1n) is 8.97. The number of hydrogen-bond acceptors (Lipinski definition) is 6. The lowest BCUT2D eigenvalue weighted by molar-refractivity contribution is -0.148. The molecule has 2 heterocycles. The maximum absolute atomic E-state index is 12.3. The zero-order valence-corrected chi connectivity index (χ0v) is 17.1. The van der Waals surface area contributed by atoms with Crippen molar-refractivity contribution >= 4 is 40.5 Å². The van der Waals surface area contributed by atoms with Gasteiger partial charge in [0.25, 0.3) is 11.8 Å². The highest BCUT2D eigenvalue weighted by Crippen LogP contribution is 2.25. The summed E-state index contributed by atoms with van der Waals surface area (Å²) in [6, 6.07) is 14.9. The van der Waals surface area contributed by atoms with E-state index in [4.69, 9.17) is 4.74 Å². The van der Waals surface area contributed by atoms with E-state index in [1.165, 1.54) is 11.3 Å². The van der Waals surface area contributed by atoms with Crippen molar-refractivity contribution in [3.8, 4) is 0 Å². The third-order valence-corrected chi connectivity index (χ3v) is 5.65. The van der Waals surface area contributed by atoms with E-state index < -0.39 is 5.97 Å². The molecule has 29 heavy (non-hydrogen) atoms. The van der Waals surface area contributed by atoms with Crippen LogP contribution in [0.5, 0.6) is 0 Å². The third-order valence-electron chi connectivity index (χ3n) is 4.03. The number of thiophene rings is 2. The second-order valence-electron chi connectivity index (χ2n) is 6.11. The standard InChI is InChI=1S/C21H20N2O4S2/c24-18(13-27-19(25)8-10-22-21(26)16-9-12-28-14-16)23-20(17-7-4-11-29-17)15-5-2-1-3-6-15/h1-7,9,11-12,14,20H,8,10,13H2,(H,22,26)(H,23,24). The largest absolute Gasteiger partial charge is 0.456 e. The quantitative estimate of drug-likeness (QED) is 0.512. The summed E-state index contributed by atoms with van der Waals surface area (Å²) in [6.45, 7) is -0.219. The first kappa shape index (κ1) is 20.8. The summed E-state index contributed by atoms with van der Waals surface area (Å²) in [4.78, 5) is 37.0. The van der Waals surface area contributed by atoms with Crippen LogP contribution in [0.3, 0.4) is 0 Å². The highest BCUT2D eigenvalue weighted by molar-refractivity contribution is 7.10. The summed E-state index contributed by atoms with van der Waals surface area (Å²) >= 11 is 2.97. The van der Waals surface area contributed by atoms with Crippen LogP contribution in [0.4, 0.5) is 0 Å². The Kier molecular flexibility index (Phi) is 7.54. The average Bonchev–Trinajstić information content (AvgIpc) is 3.45. The molecule has 0 fully saturated rings.